The number of fused-ring (bicyclic) bond motifs is 1. The molecule has 0 saturated heterocycles. The minimum Gasteiger partial charge on any atom is -0.462 e. The first kappa shape index (κ1) is 15.8. The van der Waals surface area contributed by atoms with Gasteiger partial charge in [0.25, 0.3) is 0 Å². The van der Waals surface area contributed by atoms with Crippen LogP contribution in [-0.4, -0.2) is 25.8 Å². The number of rotatable bonds is 4. The van der Waals surface area contributed by atoms with Gasteiger partial charge in [-0.05, 0) is 37.7 Å². The van der Waals surface area contributed by atoms with Crippen molar-refractivity contribution in [2.75, 3.05) is 19.0 Å². The van der Waals surface area contributed by atoms with Crippen molar-refractivity contribution in [1.29, 1.82) is 0 Å². The zero-order valence-corrected chi connectivity index (χ0v) is 13.5. The highest BCUT2D eigenvalue weighted by Crippen LogP contribution is 2.40. The van der Waals surface area contributed by atoms with Crippen molar-refractivity contribution >= 4 is 28.4 Å². The molecule has 1 N–H and O–H groups in total. The van der Waals surface area contributed by atoms with Gasteiger partial charge in [-0.15, -0.1) is 11.3 Å². The van der Waals surface area contributed by atoms with Crippen molar-refractivity contribution in [3.8, 4) is 0 Å². The van der Waals surface area contributed by atoms with Crippen LogP contribution in [0, 0.1) is 5.92 Å². The lowest BCUT2D eigenvalue weighted by molar-refractivity contribution is 0.0526. The first-order chi connectivity index (χ1) is 10.1. The fourth-order valence-corrected chi connectivity index (χ4v) is 3.99. The van der Waals surface area contributed by atoms with Crippen LogP contribution in [0.15, 0.2) is 0 Å². The molecule has 0 unspecified atom stereocenters. The maximum absolute atomic E-state index is 12.2. The highest BCUT2D eigenvalue weighted by Gasteiger charge is 2.29. The van der Waals surface area contributed by atoms with E-state index in [2.05, 4.69) is 17.0 Å². The summed E-state index contributed by atoms with van der Waals surface area (Å²) in [4.78, 5) is 24.9. The smallest absolute Gasteiger partial charge is 0.411 e. The summed E-state index contributed by atoms with van der Waals surface area (Å²) in [6.45, 7) is 4.28. The van der Waals surface area contributed by atoms with Gasteiger partial charge in [-0.2, -0.15) is 0 Å². The molecule has 0 aromatic carbocycles. The molecule has 0 spiro atoms. The molecule has 1 heterocycles. The topological polar surface area (TPSA) is 64.6 Å². The number of amides is 1. The van der Waals surface area contributed by atoms with Gasteiger partial charge < -0.3 is 9.47 Å². The Balaban J connectivity index is 2.37. The zero-order valence-electron chi connectivity index (χ0n) is 12.7. The van der Waals surface area contributed by atoms with Crippen LogP contribution in [0.25, 0.3) is 0 Å². The van der Waals surface area contributed by atoms with Crippen LogP contribution in [0.3, 0.4) is 0 Å². The first-order valence-electron chi connectivity index (χ1n) is 7.27. The molecule has 1 atom stereocenters. The second-order valence-electron chi connectivity index (χ2n) is 5.06. The number of esters is 1. The van der Waals surface area contributed by atoms with E-state index in [0.29, 0.717) is 23.1 Å². The largest absolute Gasteiger partial charge is 0.462 e. The molecule has 1 aliphatic carbocycles. The molecule has 1 aliphatic rings. The molecule has 0 fully saturated rings. The maximum atomic E-state index is 12.2. The minimum atomic E-state index is -0.564. The number of carbonyl (C=O) groups excluding carboxylic acids is 2. The Kier molecular flexibility index (Phi) is 5.22. The van der Waals surface area contributed by atoms with E-state index < -0.39 is 6.09 Å². The molecule has 1 amide bonds. The van der Waals surface area contributed by atoms with Crippen LogP contribution in [0.1, 0.15) is 47.5 Å². The summed E-state index contributed by atoms with van der Waals surface area (Å²) in [6, 6.07) is 0. The van der Waals surface area contributed by atoms with Gasteiger partial charge in [0.2, 0.25) is 0 Å². The predicted molar refractivity (Wildman–Crippen MR) is 82.1 cm³/mol. The Bertz CT molecular complexity index is 538. The third kappa shape index (κ3) is 3.37. The molecule has 0 radical (unpaired) electrons. The SMILES string of the molecule is CCOC(=O)c1c(NC(=O)OC)sc2c1CC[C@H](CC)C2. The number of ether oxygens (including phenoxy) is 2. The lowest BCUT2D eigenvalue weighted by Gasteiger charge is -2.20. The van der Waals surface area contributed by atoms with Gasteiger partial charge in [-0.1, -0.05) is 13.3 Å². The Morgan fingerprint density at radius 3 is 2.76 bits per heavy atom. The van der Waals surface area contributed by atoms with Gasteiger partial charge in [-0.25, -0.2) is 9.59 Å². The summed E-state index contributed by atoms with van der Waals surface area (Å²) in [5.74, 6) is 0.286. The Morgan fingerprint density at radius 2 is 2.14 bits per heavy atom. The lowest BCUT2D eigenvalue weighted by atomic mass is 9.86. The van der Waals surface area contributed by atoms with Gasteiger partial charge >= 0.3 is 12.1 Å². The van der Waals surface area contributed by atoms with Crippen molar-refractivity contribution in [3.63, 3.8) is 0 Å². The van der Waals surface area contributed by atoms with Crippen molar-refractivity contribution in [3.05, 3.63) is 16.0 Å². The van der Waals surface area contributed by atoms with E-state index in [1.807, 2.05) is 0 Å². The minimum absolute atomic E-state index is 0.318. The quantitative estimate of drug-likeness (QED) is 0.863. The van der Waals surface area contributed by atoms with E-state index in [4.69, 9.17) is 4.74 Å². The number of anilines is 1. The monoisotopic (exact) mass is 311 g/mol. The van der Waals surface area contributed by atoms with Crippen molar-refractivity contribution in [1.82, 2.24) is 0 Å². The molecule has 0 bridgehead atoms. The van der Waals surface area contributed by atoms with E-state index in [9.17, 15) is 9.59 Å². The molecular weight excluding hydrogens is 290 g/mol. The summed E-state index contributed by atoms with van der Waals surface area (Å²) in [7, 11) is 1.31. The molecule has 0 saturated carbocycles. The van der Waals surface area contributed by atoms with Crippen molar-refractivity contribution in [2.45, 2.75) is 39.5 Å². The fraction of sp³-hybridized carbons (Fsp3) is 0.600. The van der Waals surface area contributed by atoms with E-state index in [-0.39, 0.29) is 5.97 Å². The second-order valence-corrected chi connectivity index (χ2v) is 6.17. The number of thiophene rings is 1. The number of methoxy groups -OCH3 is 1. The average Bonchev–Trinajstić information content (AvgIpc) is 2.83. The third-order valence-corrected chi connectivity index (χ3v) is 5.00. The summed E-state index contributed by atoms with van der Waals surface area (Å²) in [6.07, 6.45) is 3.47. The first-order valence-corrected chi connectivity index (χ1v) is 8.08. The average molecular weight is 311 g/mol. The van der Waals surface area contributed by atoms with E-state index in [1.165, 1.54) is 23.3 Å². The molecule has 1 aromatic heterocycles. The second kappa shape index (κ2) is 6.93. The van der Waals surface area contributed by atoms with Gasteiger partial charge in [0.1, 0.15) is 5.00 Å². The Labute approximate surface area is 128 Å². The molecule has 2 rings (SSSR count). The van der Waals surface area contributed by atoms with Gasteiger partial charge in [0.15, 0.2) is 0 Å². The summed E-state index contributed by atoms with van der Waals surface area (Å²) in [5, 5.41) is 3.19. The standard InChI is InChI=1S/C15H21NO4S/c1-4-9-6-7-10-11(8-9)21-13(16-15(18)19-3)12(10)14(17)20-5-2/h9H,4-8H2,1-3H3,(H,16,18)/t9-/m0/s1. The fourth-order valence-electron chi connectivity index (χ4n) is 2.65. The summed E-state index contributed by atoms with van der Waals surface area (Å²) in [5.41, 5.74) is 1.55. The van der Waals surface area contributed by atoms with E-state index in [1.54, 1.807) is 6.92 Å². The highest BCUT2D eigenvalue weighted by molar-refractivity contribution is 7.17. The number of hydrogen-bond acceptors (Lipinski definition) is 5. The molecule has 116 valence electrons. The highest BCUT2D eigenvalue weighted by atomic mass is 32.1. The zero-order chi connectivity index (χ0) is 15.4. The Hall–Kier alpha value is -1.56. The normalized spacial score (nSPS) is 17.0. The van der Waals surface area contributed by atoms with Crippen LogP contribution in [0.5, 0.6) is 0 Å². The predicted octanol–water partition coefficient (Wildman–Crippen LogP) is 3.62. The maximum Gasteiger partial charge on any atom is 0.411 e. The third-order valence-electron chi connectivity index (χ3n) is 3.83. The number of carbonyl (C=O) groups is 2. The van der Waals surface area contributed by atoms with Gasteiger partial charge in [0, 0.05) is 4.88 Å². The van der Waals surface area contributed by atoms with Crippen LogP contribution in [-0.2, 0) is 22.3 Å². The number of nitrogens with one attached hydrogen (secondary N) is 1. The van der Waals surface area contributed by atoms with Crippen molar-refractivity contribution in [2.24, 2.45) is 5.92 Å². The van der Waals surface area contributed by atoms with E-state index >= 15 is 0 Å². The molecule has 1 aromatic rings. The molecule has 5 nitrogen and oxygen atoms in total. The molecular formula is C15H21NO4S. The Morgan fingerprint density at radius 1 is 1.38 bits per heavy atom. The summed E-state index contributed by atoms with van der Waals surface area (Å²) >= 11 is 1.47. The summed E-state index contributed by atoms with van der Waals surface area (Å²) < 4.78 is 9.76. The van der Waals surface area contributed by atoms with Gasteiger partial charge in [-0.3, -0.25) is 5.32 Å². The number of hydrogen-bond donors (Lipinski definition) is 1. The van der Waals surface area contributed by atoms with Gasteiger partial charge in [0.05, 0.1) is 19.3 Å². The molecule has 21 heavy (non-hydrogen) atoms. The lowest BCUT2D eigenvalue weighted by Crippen LogP contribution is -2.17. The van der Waals surface area contributed by atoms with Crippen LogP contribution >= 0.6 is 11.3 Å². The van der Waals surface area contributed by atoms with Crippen LogP contribution in [0.2, 0.25) is 0 Å². The van der Waals surface area contributed by atoms with E-state index in [0.717, 1.165) is 31.2 Å². The van der Waals surface area contributed by atoms with Crippen LogP contribution in [0.4, 0.5) is 9.80 Å². The van der Waals surface area contributed by atoms with Crippen molar-refractivity contribution < 1.29 is 19.1 Å². The van der Waals surface area contributed by atoms with Crippen LogP contribution < -0.4 is 5.32 Å². The molecule has 0 aliphatic heterocycles. The molecule has 6 heteroatoms.